The predicted octanol–water partition coefficient (Wildman–Crippen LogP) is 7.43. The lowest BCUT2D eigenvalue weighted by molar-refractivity contribution is -0.111. The zero-order chi connectivity index (χ0) is 32.0. The highest BCUT2D eigenvalue weighted by molar-refractivity contribution is 7.90. The number of amides is 1. The summed E-state index contributed by atoms with van der Waals surface area (Å²) in [6.45, 7) is 8.92. The summed E-state index contributed by atoms with van der Waals surface area (Å²) in [5.74, 6) is 1.61. The van der Waals surface area contributed by atoms with E-state index >= 15 is 0 Å². The Balaban J connectivity index is 1.37. The molecule has 1 amide bonds. The number of anilines is 1. The molecule has 0 fully saturated rings. The van der Waals surface area contributed by atoms with Gasteiger partial charge in [0, 0.05) is 30.5 Å². The van der Waals surface area contributed by atoms with Crippen LogP contribution in [0.1, 0.15) is 49.9 Å². The van der Waals surface area contributed by atoms with E-state index in [9.17, 15) is 9.35 Å². The van der Waals surface area contributed by atoms with Crippen molar-refractivity contribution in [3.05, 3.63) is 96.1 Å². The minimum absolute atomic E-state index is 0.280. The number of ether oxygens (including phenoxy) is 3. The van der Waals surface area contributed by atoms with E-state index in [0.717, 1.165) is 66.1 Å². The van der Waals surface area contributed by atoms with Gasteiger partial charge in [-0.3, -0.25) is 4.79 Å². The third kappa shape index (κ3) is 9.97. The first-order chi connectivity index (χ1) is 21.9. The van der Waals surface area contributed by atoms with Crippen molar-refractivity contribution in [1.29, 1.82) is 0 Å². The van der Waals surface area contributed by atoms with Gasteiger partial charge in [-0.15, -0.1) is 0 Å². The van der Waals surface area contributed by atoms with E-state index in [4.69, 9.17) is 14.2 Å². The normalized spacial score (nSPS) is 11.9. The average molecular weight is 630 g/mol. The zero-order valence-corrected chi connectivity index (χ0v) is 27.4. The molecular formula is C36H43N3O5S. The van der Waals surface area contributed by atoms with Crippen LogP contribution in [-0.4, -0.2) is 46.9 Å². The molecule has 0 saturated carbocycles. The van der Waals surface area contributed by atoms with E-state index < -0.39 is 11.2 Å². The van der Waals surface area contributed by atoms with Crippen molar-refractivity contribution in [2.24, 2.45) is 0 Å². The predicted molar refractivity (Wildman–Crippen MR) is 181 cm³/mol. The number of nitrogens with zero attached hydrogens (tertiary/aromatic N) is 2. The Kier molecular flexibility index (Phi) is 13.1. The highest BCUT2D eigenvalue weighted by Crippen LogP contribution is 2.32. The number of imidazole rings is 1. The maximum Gasteiger partial charge on any atom is 0.248 e. The van der Waals surface area contributed by atoms with Crippen LogP contribution in [0.15, 0.2) is 84.2 Å². The SMILES string of the molecule is CCCCOCCOc1ccc(-c2cc(C)c(OC)c(/C=C/C(=O)Nc3ccc([S@@+]([O-])Cc4cncn4CCC)cc3)c2)cc1. The summed E-state index contributed by atoms with van der Waals surface area (Å²) in [6, 6.07) is 19.1. The number of aromatic nitrogens is 2. The van der Waals surface area contributed by atoms with E-state index in [1.165, 1.54) is 6.08 Å². The lowest BCUT2D eigenvalue weighted by Crippen LogP contribution is -2.11. The van der Waals surface area contributed by atoms with Crippen LogP contribution in [0.2, 0.25) is 0 Å². The second kappa shape index (κ2) is 17.4. The molecule has 0 unspecified atom stereocenters. The summed E-state index contributed by atoms with van der Waals surface area (Å²) in [4.78, 5) is 17.7. The minimum atomic E-state index is -1.22. The van der Waals surface area contributed by atoms with Gasteiger partial charge in [-0.25, -0.2) is 4.98 Å². The number of hydrogen-bond donors (Lipinski definition) is 1. The van der Waals surface area contributed by atoms with Crippen LogP contribution in [0.4, 0.5) is 5.69 Å². The Morgan fingerprint density at radius 3 is 2.49 bits per heavy atom. The number of nitrogens with one attached hydrogen (secondary N) is 1. The fourth-order valence-corrected chi connectivity index (χ4v) is 5.96. The Morgan fingerprint density at radius 2 is 1.78 bits per heavy atom. The van der Waals surface area contributed by atoms with Crippen molar-refractivity contribution >= 4 is 28.8 Å². The van der Waals surface area contributed by atoms with Crippen LogP contribution < -0.4 is 14.8 Å². The van der Waals surface area contributed by atoms with Crippen molar-refractivity contribution < 1.29 is 23.6 Å². The van der Waals surface area contributed by atoms with Crippen LogP contribution in [-0.2, 0) is 33.0 Å². The van der Waals surface area contributed by atoms with Gasteiger partial charge in [-0.1, -0.05) is 32.4 Å². The van der Waals surface area contributed by atoms with Crippen LogP contribution in [0, 0.1) is 6.92 Å². The maximum absolute atomic E-state index is 12.9. The third-order valence-corrected chi connectivity index (χ3v) is 8.53. The average Bonchev–Trinajstić information content (AvgIpc) is 3.48. The summed E-state index contributed by atoms with van der Waals surface area (Å²) in [6.07, 6.45) is 9.94. The van der Waals surface area contributed by atoms with Gasteiger partial charge in [0.25, 0.3) is 0 Å². The van der Waals surface area contributed by atoms with Crippen molar-refractivity contribution in [1.82, 2.24) is 9.55 Å². The van der Waals surface area contributed by atoms with Gasteiger partial charge in [0.1, 0.15) is 18.1 Å². The molecule has 45 heavy (non-hydrogen) atoms. The summed E-state index contributed by atoms with van der Waals surface area (Å²) in [5.41, 5.74) is 5.34. The smallest absolute Gasteiger partial charge is 0.248 e. The Morgan fingerprint density at radius 1 is 1.00 bits per heavy atom. The number of benzene rings is 3. The molecule has 0 aliphatic carbocycles. The second-order valence-electron chi connectivity index (χ2n) is 10.7. The molecule has 0 bridgehead atoms. The number of unbranched alkanes of at least 4 members (excludes halogenated alkanes) is 1. The molecule has 1 heterocycles. The van der Waals surface area contributed by atoms with Gasteiger partial charge in [0.2, 0.25) is 5.91 Å². The molecule has 1 aromatic heterocycles. The fourth-order valence-electron chi connectivity index (χ4n) is 4.85. The maximum atomic E-state index is 12.9. The quantitative estimate of drug-likeness (QED) is 0.0741. The highest BCUT2D eigenvalue weighted by Gasteiger charge is 2.15. The van der Waals surface area contributed by atoms with E-state index in [1.807, 2.05) is 41.8 Å². The molecule has 0 saturated heterocycles. The summed E-state index contributed by atoms with van der Waals surface area (Å²) in [5, 5.41) is 2.88. The summed E-state index contributed by atoms with van der Waals surface area (Å²) >= 11 is -1.22. The van der Waals surface area contributed by atoms with E-state index in [0.29, 0.717) is 35.3 Å². The van der Waals surface area contributed by atoms with Gasteiger partial charge < -0.3 is 28.6 Å². The van der Waals surface area contributed by atoms with Crippen LogP contribution in [0.3, 0.4) is 0 Å². The molecule has 0 spiro atoms. The van der Waals surface area contributed by atoms with Crippen molar-refractivity contribution in [2.45, 2.75) is 57.2 Å². The molecule has 3 aromatic carbocycles. The zero-order valence-electron chi connectivity index (χ0n) is 26.6. The number of methoxy groups -OCH3 is 1. The molecule has 9 heteroatoms. The fraction of sp³-hybridized carbons (Fsp3) is 0.333. The molecule has 238 valence electrons. The molecule has 4 rings (SSSR count). The van der Waals surface area contributed by atoms with Crippen molar-refractivity contribution in [3.8, 4) is 22.6 Å². The molecule has 1 N–H and O–H groups in total. The van der Waals surface area contributed by atoms with Crippen LogP contribution in [0.25, 0.3) is 17.2 Å². The van der Waals surface area contributed by atoms with Gasteiger partial charge in [-0.2, -0.15) is 0 Å². The lowest BCUT2D eigenvalue weighted by atomic mass is 9.98. The molecule has 1 atom stereocenters. The number of hydrogen-bond acceptors (Lipinski definition) is 6. The van der Waals surface area contributed by atoms with E-state index in [2.05, 4.69) is 30.2 Å². The molecule has 0 aliphatic heterocycles. The lowest BCUT2D eigenvalue weighted by Gasteiger charge is -2.13. The molecule has 0 radical (unpaired) electrons. The number of carbonyl (C=O) groups excluding carboxylic acids is 1. The number of rotatable bonds is 17. The largest absolute Gasteiger partial charge is 0.611 e. The monoisotopic (exact) mass is 629 g/mol. The third-order valence-electron chi connectivity index (χ3n) is 7.17. The molecule has 0 aliphatic rings. The minimum Gasteiger partial charge on any atom is -0.611 e. The standard InChI is InChI=1S/C36H43N3O5S/c1-5-7-19-43-20-21-44-33-13-8-28(9-14-33)30-22-27(3)36(42-4)29(23-30)10-17-35(40)38-31-11-15-34(16-12-31)45(41)25-32-24-37-26-39(32)18-6-2/h8-17,22-24,26H,5-7,18-21,25H2,1-4H3,(H,38,40)/b17-10+/t45-/m0/s1. The van der Waals surface area contributed by atoms with Gasteiger partial charge >= 0.3 is 0 Å². The Bertz CT molecular complexity index is 1530. The topological polar surface area (TPSA) is 97.7 Å². The van der Waals surface area contributed by atoms with E-state index in [-0.39, 0.29) is 5.91 Å². The first kappa shape index (κ1) is 33.8. The first-order valence-corrected chi connectivity index (χ1v) is 16.7. The van der Waals surface area contributed by atoms with Crippen molar-refractivity contribution in [2.75, 3.05) is 32.2 Å². The first-order valence-electron chi connectivity index (χ1n) is 15.4. The molecule has 4 aromatic rings. The second-order valence-corrected chi connectivity index (χ2v) is 12.1. The molecular weight excluding hydrogens is 586 g/mol. The molecule has 8 nitrogen and oxygen atoms in total. The number of carbonyl (C=O) groups is 1. The van der Waals surface area contributed by atoms with Gasteiger partial charge in [0.05, 0.1) is 31.9 Å². The summed E-state index contributed by atoms with van der Waals surface area (Å²) in [7, 11) is 1.63. The Hall–Kier alpha value is -4.05. The van der Waals surface area contributed by atoms with E-state index in [1.54, 1.807) is 50.0 Å². The number of aryl methyl sites for hydroxylation is 2. The van der Waals surface area contributed by atoms with Crippen LogP contribution in [0.5, 0.6) is 11.5 Å². The Labute approximate surface area is 269 Å². The van der Waals surface area contributed by atoms with Crippen LogP contribution >= 0.6 is 0 Å². The summed E-state index contributed by atoms with van der Waals surface area (Å²) < 4.78 is 32.0. The van der Waals surface area contributed by atoms with Gasteiger partial charge in [-0.05, 0) is 102 Å². The van der Waals surface area contributed by atoms with Crippen molar-refractivity contribution in [3.63, 3.8) is 0 Å². The highest BCUT2D eigenvalue weighted by atomic mass is 32.2. The van der Waals surface area contributed by atoms with Gasteiger partial charge in [0.15, 0.2) is 10.6 Å².